The maximum absolute atomic E-state index is 2.18. The predicted octanol–water partition coefficient (Wildman–Crippen LogP) is 4.54. The summed E-state index contributed by atoms with van der Waals surface area (Å²) in [5, 5.41) is 0. The molecule has 0 spiro atoms. The van der Waals surface area contributed by atoms with Gasteiger partial charge in [0.05, 0.1) is 0 Å². The van der Waals surface area contributed by atoms with Gasteiger partial charge in [-0.15, -0.1) is 12.4 Å². The molecule has 0 saturated carbocycles. The van der Waals surface area contributed by atoms with Crippen LogP contribution in [0.5, 0.6) is 0 Å². The normalized spacial score (nSPS) is 9.50. The maximum Gasteiger partial charge on any atom is 0.0187 e. The minimum atomic E-state index is 0. The third kappa shape index (κ3) is 4.30. The van der Waals surface area contributed by atoms with Crippen molar-refractivity contribution < 1.29 is 0 Å². The SMILES string of the molecule is Cl.c1ccc(CSCc2ccccc2)cc1. The molecule has 16 heavy (non-hydrogen) atoms. The lowest BCUT2D eigenvalue weighted by atomic mass is 10.2. The molecule has 0 aromatic heterocycles. The van der Waals surface area contributed by atoms with E-state index < -0.39 is 0 Å². The molecule has 0 atom stereocenters. The Hall–Kier alpha value is -0.920. The van der Waals surface area contributed by atoms with E-state index in [-0.39, 0.29) is 12.4 Å². The molecule has 0 amide bonds. The number of hydrogen-bond acceptors (Lipinski definition) is 1. The first-order chi connectivity index (χ1) is 7.45. The van der Waals surface area contributed by atoms with Crippen LogP contribution in [-0.2, 0) is 11.5 Å². The van der Waals surface area contributed by atoms with Crippen molar-refractivity contribution in [2.45, 2.75) is 11.5 Å². The molecule has 0 bridgehead atoms. The molecule has 0 unspecified atom stereocenters. The summed E-state index contributed by atoms with van der Waals surface area (Å²) in [6, 6.07) is 21.2. The summed E-state index contributed by atoms with van der Waals surface area (Å²) in [6.07, 6.45) is 0. The van der Waals surface area contributed by atoms with Gasteiger partial charge in [0.1, 0.15) is 0 Å². The Morgan fingerprint density at radius 1 is 0.625 bits per heavy atom. The van der Waals surface area contributed by atoms with E-state index in [1.54, 1.807) is 0 Å². The van der Waals surface area contributed by atoms with Gasteiger partial charge in [0, 0.05) is 11.5 Å². The fourth-order valence-electron chi connectivity index (χ4n) is 1.44. The highest BCUT2D eigenvalue weighted by atomic mass is 35.5. The van der Waals surface area contributed by atoms with Crippen LogP contribution in [0.25, 0.3) is 0 Å². The van der Waals surface area contributed by atoms with Gasteiger partial charge in [-0.25, -0.2) is 0 Å². The van der Waals surface area contributed by atoms with Gasteiger partial charge < -0.3 is 0 Å². The monoisotopic (exact) mass is 250 g/mol. The van der Waals surface area contributed by atoms with Crippen molar-refractivity contribution in [1.29, 1.82) is 0 Å². The van der Waals surface area contributed by atoms with Crippen molar-refractivity contribution in [1.82, 2.24) is 0 Å². The highest BCUT2D eigenvalue weighted by Gasteiger charge is 1.93. The van der Waals surface area contributed by atoms with E-state index in [1.165, 1.54) is 11.1 Å². The van der Waals surface area contributed by atoms with Gasteiger partial charge in [-0.3, -0.25) is 0 Å². The van der Waals surface area contributed by atoms with Crippen molar-refractivity contribution >= 4 is 24.2 Å². The molecule has 0 aliphatic rings. The van der Waals surface area contributed by atoms with E-state index in [2.05, 4.69) is 60.7 Å². The average Bonchev–Trinajstić information content (AvgIpc) is 2.32. The first kappa shape index (κ1) is 13.1. The van der Waals surface area contributed by atoms with Crippen LogP contribution in [0.2, 0.25) is 0 Å². The number of benzene rings is 2. The summed E-state index contributed by atoms with van der Waals surface area (Å²) < 4.78 is 0. The molecule has 0 fully saturated rings. The minimum absolute atomic E-state index is 0. The topological polar surface area (TPSA) is 0 Å². The van der Waals surface area contributed by atoms with E-state index in [4.69, 9.17) is 0 Å². The summed E-state index contributed by atoms with van der Waals surface area (Å²) in [7, 11) is 0. The molecule has 0 nitrogen and oxygen atoms in total. The molecule has 84 valence electrons. The van der Waals surface area contributed by atoms with Gasteiger partial charge >= 0.3 is 0 Å². The first-order valence-electron chi connectivity index (χ1n) is 5.11. The zero-order valence-corrected chi connectivity index (χ0v) is 10.6. The molecular weight excluding hydrogens is 236 g/mol. The van der Waals surface area contributed by atoms with Crippen LogP contribution in [-0.4, -0.2) is 0 Å². The number of halogens is 1. The molecule has 2 aromatic rings. The predicted molar refractivity (Wildman–Crippen MR) is 75.1 cm³/mol. The van der Waals surface area contributed by atoms with Crippen LogP contribution in [0.3, 0.4) is 0 Å². The van der Waals surface area contributed by atoms with Crippen molar-refractivity contribution in [3.8, 4) is 0 Å². The third-order valence-corrected chi connectivity index (χ3v) is 3.30. The van der Waals surface area contributed by atoms with Crippen LogP contribution in [0.15, 0.2) is 60.7 Å². The van der Waals surface area contributed by atoms with E-state index >= 15 is 0 Å². The van der Waals surface area contributed by atoms with Gasteiger partial charge in [-0.1, -0.05) is 60.7 Å². The lowest BCUT2D eigenvalue weighted by Gasteiger charge is -2.01. The molecule has 2 heteroatoms. The van der Waals surface area contributed by atoms with E-state index in [0.29, 0.717) is 0 Å². The second-order valence-electron chi connectivity index (χ2n) is 3.46. The van der Waals surface area contributed by atoms with Gasteiger partial charge in [0.25, 0.3) is 0 Å². The van der Waals surface area contributed by atoms with Crippen LogP contribution in [0.1, 0.15) is 11.1 Å². The maximum atomic E-state index is 2.18. The quantitative estimate of drug-likeness (QED) is 0.768. The lowest BCUT2D eigenvalue weighted by Crippen LogP contribution is -1.82. The van der Waals surface area contributed by atoms with E-state index in [0.717, 1.165) is 11.5 Å². The first-order valence-corrected chi connectivity index (χ1v) is 6.26. The van der Waals surface area contributed by atoms with Crippen molar-refractivity contribution in [3.05, 3.63) is 71.8 Å². The minimum Gasteiger partial charge on any atom is -0.152 e. The fourth-order valence-corrected chi connectivity index (χ4v) is 2.39. The summed E-state index contributed by atoms with van der Waals surface area (Å²) in [4.78, 5) is 0. The Morgan fingerprint density at radius 3 is 1.38 bits per heavy atom. The Balaban J connectivity index is 0.00000128. The Labute approximate surface area is 107 Å². The van der Waals surface area contributed by atoms with Gasteiger partial charge in [0.2, 0.25) is 0 Å². The smallest absolute Gasteiger partial charge is 0.0187 e. The molecule has 2 aromatic carbocycles. The van der Waals surface area contributed by atoms with Crippen LogP contribution in [0, 0.1) is 0 Å². The van der Waals surface area contributed by atoms with Gasteiger partial charge in [0.15, 0.2) is 0 Å². The zero-order chi connectivity index (χ0) is 10.3. The Morgan fingerprint density at radius 2 is 1.00 bits per heavy atom. The molecular formula is C14H15ClS. The molecule has 0 saturated heterocycles. The Kier molecular flexibility index (Phi) is 6.05. The van der Waals surface area contributed by atoms with Crippen molar-refractivity contribution in [2.75, 3.05) is 0 Å². The molecule has 0 N–H and O–H groups in total. The van der Waals surface area contributed by atoms with Gasteiger partial charge in [-0.2, -0.15) is 11.8 Å². The highest BCUT2D eigenvalue weighted by molar-refractivity contribution is 7.97. The van der Waals surface area contributed by atoms with Crippen LogP contribution >= 0.6 is 24.2 Å². The summed E-state index contributed by atoms with van der Waals surface area (Å²) in [6.45, 7) is 0. The standard InChI is InChI=1S/C14H14S.ClH/c1-3-7-13(8-4-1)11-15-12-14-9-5-2-6-10-14;/h1-10H,11-12H2;1H. The summed E-state index contributed by atoms with van der Waals surface area (Å²) in [5.41, 5.74) is 2.80. The fraction of sp³-hybridized carbons (Fsp3) is 0.143. The van der Waals surface area contributed by atoms with E-state index in [9.17, 15) is 0 Å². The van der Waals surface area contributed by atoms with Crippen LogP contribution < -0.4 is 0 Å². The number of thioether (sulfide) groups is 1. The largest absolute Gasteiger partial charge is 0.152 e. The molecule has 2 rings (SSSR count). The molecule has 0 heterocycles. The van der Waals surface area contributed by atoms with Crippen molar-refractivity contribution in [2.24, 2.45) is 0 Å². The summed E-state index contributed by atoms with van der Waals surface area (Å²) in [5.74, 6) is 2.19. The molecule has 0 aliphatic carbocycles. The summed E-state index contributed by atoms with van der Waals surface area (Å²) >= 11 is 1.96. The lowest BCUT2D eigenvalue weighted by molar-refractivity contribution is 1.36. The highest BCUT2D eigenvalue weighted by Crippen LogP contribution is 2.17. The van der Waals surface area contributed by atoms with Crippen molar-refractivity contribution in [3.63, 3.8) is 0 Å². The van der Waals surface area contributed by atoms with Gasteiger partial charge in [-0.05, 0) is 11.1 Å². The van der Waals surface area contributed by atoms with Crippen LogP contribution in [0.4, 0.5) is 0 Å². The third-order valence-electron chi connectivity index (χ3n) is 2.22. The second kappa shape index (κ2) is 7.37. The number of hydrogen-bond donors (Lipinski definition) is 0. The molecule has 0 aliphatic heterocycles. The average molecular weight is 251 g/mol. The van der Waals surface area contributed by atoms with E-state index in [1.807, 2.05) is 11.8 Å². The zero-order valence-electron chi connectivity index (χ0n) is 9.00. The molecule has 0 radical (unpaired) electrons. The Bertz CT molecular complexity index is 346. The second-order valence-corrected chi connectivity index (χ2v) is 4.45. The number of rotatable bonds is 4.